The van der Waals surface area contributed by atoms with Crippen LogP contribution in [0.5, 0.6) is 5.75 Å². The van der Waals surface area contributed by atoms with Crippen LogP contribution in [0.15, 0.2) is 36.4 Å². The quantitative estimate of drug-likeness (QED) is 0.767. The molecule has 5 heteroatoms. The Morgan fingerprint density at radius 3 is 2.76 bits per heavy atom. The van der Waals surface area contributed by atoms with Crippen molar-refractivity contribution in [3.63, 3.8) is 0 Å². The Labute approximate surface area is 126 Å². The molecule has 3 rings (SSSR count). The van der Waals surface area contributed by atoms with Gasteiger partial charge < -0.3 is 9.67 Å². The molecule has 0 spiro atoms. The highest BCUT2D eigenvalue weighted by Crippen LogP contribution is 2.30. The number of fused-ring (bicyclic) bond motifs is 1. The van der Waals surface area contributed by atoms with Gasteiger partial charge in [-0.15, -0.1) is 0 Å². The summed E-state index contributed by atoms with van der Waals surface area (Å²) in [6.45, 7) is 2.76. The summed E-state index contributed by atoms with van der Waals surface area (Å²) in [6, 6.07) is 9.52. The van der Waals surface area contributed by atoms with Gasteiger partial charge in [-0.05, 0) is 36.8 Å². The summed E-state index contributed by atoms with van der Waals surface area (Å²) >= 11 is 6.05. The Balaban J connectivity index is 2.28. The van der Waals surface area contributed by atoms with Crippen molar-refractivity contribution >= 4 is 22.6 Å². The molecule has 0 aliphatic rings. The smallest absolute Gasteiger partial charge is 0.144 e. The zero-order chi connectivity index (χ0) is 15.0. The van der Waals surface area contributed by atoms with Crippen LogP contribution < -0.4 is 0 Å². The molecule has 0 fully saturated rings. The van der Waals surface area contributed by atoms with Crippen molar-refractivity contribution in [1.82, 2.24) is 9.55 Å². The van der Waals surface area contributed by atoms with E-state index in [-0.39, 0.29) is 5.75 Å². The molecule has 21 heavy (non-hydrogen) atoms. The fourth-order valence-electron chi connectivity index (χ4n) is 2.44. The summed E-state index contributed by atoms with van der Waals surface area (Å²) < 4.78 is 16.1. The molecule has 0 bridgehead atoms. The number of nitrogens with zero attached hydrogens (tertiary/aromatic N) is 2. The second kappa shape index (κ2) is 5.37. The van der Waals surface area contributed by atoms with Gasteiger partial charge in [-0.2, -0.15) is 0 Å². The van der Waals surface area contributed by atoms with Crippen LogP contribution >= 0.6 is 11.6 Å². The average Bonchev–Trinajstić information content (AvgIpc) is 2.78. The number of aryl methyl sites for hydroxylation is 1. The highest BCUT2D eigenvalue weighted by Gasteiger charge is 2.16. The van der Waals surface area contributed by atoms with E-state index in [0.29, 0.717) is 23.0 Å². The van der Waals surface area contributed by atoms with Gasteiger partial charge in [0.25, 0.3) is 0 Å². The molecule has 3 aromatic rings. The molecule has 0 aliphatic carbocycles. The highest BCUT2D eigenvalue weighted by atomic mass is 35.5. The van der Waals surface area contributed by atoms with Crippen LogP contribution in [-0.4, -0.2) is 14.7 Å². The summed E-state index contributed by atoms with van der Waals surface area (Å²) in [4.78, 5) is 4.52. The molecule has 0 amide bonds. The third-order valence-electron chi connectivity index (χ3n) is 3.35. The first-order chi connectivity index (χ1) is 10.1. The second-order valence-electron chi connectivity index (χ2n) is 4.88. The third-order valence-corrected chi connectivity index (χ3v) is 3.59. The van der Waals surface area contributed by atoms with Gasteiger partial charge >= 0.3 is 0 Å². The van der Waals surface area contributed by atoms with E-state index in [1.165, 1.54) is 6.07 Å². The molecule has 0 atom stereocenters. The van der Waals surface area contributed by atoms with Crippen molar-refractivity contribution < 1.29 is 9.50 Å². The van der Waals surface area contributed by atoms with Crippen molar-refractivity contribution in [1.29, 1.82) is 0 Å². The molecule has 2 aromatic carbocycles. The van der Waals surface area contributed by atoms with Crippen LogP contribution in [0.3, 0.4) is 0 Å². The van der Waals surface area contributed by atoms with E-state index >= 15 is 0 Å². The number of aromatic hydroxyl groups is 1. The lowest BCUT2D eigenvalue weighted by molar-refractivity contribution is 0.469. The predicted octanol–water partition coefficient (Wildman–Crippen LogP) is 4.61. The number of phenolic OH excluding ortho intramolecular Hbond substituents is 1. The molecule has 1 N–H and O–H groups in total. The minimum Gasteiger partial charge on any atom is -0.508 e. The van der Waals surface area contributed by atoms with Gasteiger partial charge in [0, 0.05) is 17.6 Å². The van der Waals surface area contributed by atoms with Crippen molar-refractivity contribution in [3.8, 4) is 17.1 Å². The molecular weight excluding hydrogens is 291 g/mol. The fraction of sp³-hybridized carbons (Fsp3) is 0.188. The fourth-order valence-corrected chi connectivity index (χ4v) is 2.60. The van der Waals surface area contributed by atoms with Crippen molar-refractivity contribution in [2.75, 3.05) is 0 Å². The molecule has 0 saturated heterocycles. The predicted molar refractivity (Wildman–Crippen MR) is 82.1 cm³/mol. The van der Waals surface area contributed by atoms with Gasteiger partial charge in [0.05, 0.1) is 16.6 Å². The van der Waals surface area contributed by atoms with E-state index in [2.05, 4.69) is 4.98 Å². The molecule has 1 heterocycles. The molecule has 0 aliphatic heterocycles. The largest absolute Gasteiger partial charge is 0.508 e. The van der Waals surface area contributed by atoms with E-state index in [9.17, 15) is 9.50 Å². The number of halogens is 2. The molecule has 3 nitrogen and oxygen atoms in total. The van der Waals surface area contributed by atoms with E-state index in [4.69, 9.17) is 11.6 Å². The van der Waals surface area contributed by atoms with Crippen LogP contribution in [0.25, 0.3) is 22.4 Å². The average molecular weight is 305 g/mol. The first-order valence-electron chi connectivity index (χ1n) is 6.75. The van der Waals surface area contributed by atoms with Crippen LogP contribution in [0, 0.1) is 5.82 Å². The lowest BCUT2D eigenvalue weighted by Gasteiger charge is -2.09. The maximum Gasteiger partial charge on any atom is 0.144 e. The summed E-state index contributed by atoms with van der Waals surface area (Å²) in [5, 5.41) is 9.97. The first-order valence-corrected chi connectivity index (χ1v) is 7.12. The van der Waals surface area contributed by atoms with Crippen LogP contribution in [0.1, 0.15) is 13.3 Å². The number of imidazole rings is 1. The number of benzene rings is 2. The number of aromatic nitrogens is 2. The maximum absolute atomic E-state index is 14.1. The third kappa shape index (κ3) is 2.47. The van der Waals surface area contributed by atoms with Gasteiger partial charge in [-0.25, -0.2) is 9.37 Å². The van der Waals surface area contributed by atoms with E-state index < -0.39 is 5.82 Å². The van der Waals surface area contributed by atoms with Gasteiger partial charge in [-0.3, -0.25) is 0 Å². The van der Waals surface area contributed by atoms with Crippen molar-refractivity contribution in [2.45, 2.75) is 19.9 Å². The van der Waals surface area contributed by atoms with Crippen LogP contribution in [0.2, 0.25) is 5.02 Å². The van der Waals surface area contributed by atoms with Crippen LogP contribution in [-0.2, 0) is 6.54 Å². The topological polar surface area (TPSA) is 38.0 Å². The van der Waals surface area contributed by atoms with Crippen molar-refractivity contribution in [3.05, 3.63) is 47.2 Å². The zero-order valence-corrected chi connectivity index (χ0v) is 12.2. The Bertz CT molecular complexity index is 813. The first kappa shape index (κ1) is 13.9. The standard InChI is InChI=1S/C16H14ClFN2O/c1-2-7-20-15-8-10(17)3-6-14(15)19-16(20)12-5-4-11(21)9-13(12)18/h3-6,8-9,21H,2,7H2,1H3. The number of hydrogen-bond donors (Lipinski definition) is 1. The van der Waals surface area contributed by atoms with Crippen molar-refractivity contribution in [2.24, 2.45) is 0 Å². The van der Waals surface area contributed by atoms with E-state index in [1.54, 1.807) is 12.1 Å². The number of phenols is 1. The molecule has 0 saturated carbocycles. The Hall–Kier alpha value is -2.07. The lowest BCUT2D eigenvalue weighted by atomic mass is 10.2. The minimum atomic E-state index is -0.492. The zero-order valence-electron chi connectivity index (χ0n) is 11.5. The van der Waals surface area contributed by atoms with E-state index in [1.807, 2.05) is 23.6 Å². The number of hydrogen-bond acceptors (Lipinski definition) is 2. The van der Waals surface area contributed by atoms with Crippen LogP contribution in [0.4, 0.5) is 4.39 Å². The summed E-state index contributed by atoms with van der Waals surface area (Å²) in [5.41, 5.74) is 2.02. The maximum atomic E-state index is 14.1. The SMILES string of the molecule is CCCn1c(-c2ccc(O)cc2F)nc2ccc(Cl)cc21. The molecular formula is C16H14ClFN2O. The molecule has 108 valence electrons. The van der Waals surface area contributed by atoms with E-state index in [0.717, 1.165) is 23.5 Å². The lowest BCUT2D eigenvalue weighted by Crippen LogP contribution is -2.01. The number of rotatable bonds is 3. The molecule has 0 unspecified atom stereocenters. The van der Waals surface area contributed by atoms with Gasteiger partial charge in [-0.1, -0.05) is 18.5 Å². The Morgan fingerprint density at radius 2 is 2.05 bits per heavy atom. The molecule has 1 aromatic heterocycles. The minimum absolute atomic E-state index is 0.0996. The normalized spacial score (nSPS) is 11.2. The Kier molecular flexibility index (Phi) is 3.55. The summed E-state index contributed by atoms with van der Waals surface area (Å²) in [5.74, 6) is -0.0437. The van der Waals surface area contributed by atoms with Gasteiger partial charge in [0.2, 0.25) is 0 Å². The summed E-state index contributed by atoms with van der Waals surface area (Å²) in [7, 11) is 0. The van der Waals surface area contributed by atoms with Gasteiger partial charge in [0.1, 0.15) is 17.4 Å². The monoisotopic (exact) mass is 304 g/mol. The van der Waals surface area contributed by atoms with Gasteiger partial charge in [0.15, 0.2) is 0 Å². The second-order valence-corrected chi connectivity index (χ2v) is 5.32. The Morgan fingerprint density at radius 1 is 1.24 bits per heavy atom. The summed E-state index contributed by atoms with van der Waals surface area (Å²) in [6.07, 6.45) is 0.894. The molecule has 0 radical (unpaired) electrons. The highest BCUT2D eigenvalue weighted by molar-refractivity contribution is 6.31.